The molecule has 0 spiro atoms. The first kappa shape index (κ1) is 9.25. The lowest BCUT2D eigenvalue weighted by Gasteiger charge is -2.02. The van der Waals surface area contributed by atoms with E-state index in [1.54, 1.807) is 0 Å². The fourth-order valence-electron chi connectivity index (χ4n) is 1.19. The molecule has 1 nitrogen and oxygen atoms in total. The highest BCUT2D eigenvalue weighted by molar-refractivity contribution is 5.85. The molecule has 1 saturated heterocycles. The van der Waals surface area contributed by atoms with Gasteiger partial charge in [0.15, 0.2) is 0 Å². The Kier molecular flexibility index (Phi) is 5.21. The van der Waals surface area contributed by atoms with Crippen LogP contribution in [0.4, 0.5) is 0 Å². The molecule has 1 rings (SSSR count). The van der Waals surface area contributed by atoms with Gasteiger partial charge in [0.2, 0.25) is 0 Å². The van der Waals surface area contributed by atoms with E-state index in [2.05, 4.69) is 12.2 Å². The van der Waals surface area contributed by atoms with Crippen LogP contribution in [0.3, 0.4) is 0 Å². The molecule has 0 aromatic heterocycles. The van der Waals surface area contributed by atoms with E-state index in [0.717, 1.165) is 5.92 Å². The van der Waals surface area contributed by atoms with E-state index in [1.165, 1.54) is 32.4 Å². The van der Waals surface area contributed by atoms with Gasteiger partial charge >= 0.3 is 0 Å². The van der Waals surface area contributed by atoms with Crippen molar-refractivity contribution in [2.24, 2.45) is 5.92 Å². The maximum atomic E-state index is 3.38. The van der Waals surface area contributed by atoms with Gasteiger partial charge < -0.3 is 5.32 Å². The van der Waals surface area contributed by atoms with Crippen LogP contribution in [-0.4, -0.2) is 13.1 Å². The third-order valence-corrected chi connectivity index (χ3v) is 1.86. The first-order valence-corrected chi connectivity index (χ1v) is 3.60. The van der Waals surface area contributed by atoms with Crippen molar-refractivity contribution in [3.05, 3.63) is 0 Å². The predicted molar refractivity (Wildman–Crippen MR) is 43.1 cm³/mol. The third kappa shape index (κ3) is 3.77. The van der Waals surface area contributed by atoms with Gasteiger partial charge in [-0.05, 0) is 38.3 Å². The van der Waals surface area contributed by atoms with Gasteiger partial charge in [-0.15, -0.1) is 12.4 Å². The number of nitrogens with one attached hydrogen (secondary N) is 1. The van der Waals surface area contributed by atoms with Crippen LogP contribution in [0.2, 0.25) is 0 Å². The molecule has 0 saturated carbocycles. The minimum atomic E-state index is 0. The second-order valence-corrected chi connectivity index (χ2v) is 2.79. The van der Waals surface area contributed by atoms with Crippen LogP contribution in [-0.2, 0) is 0 Å². The van der Waals surface area contributed by atoms with Crippen molar-refractivity contribution in [2.75, 3.05) is 13.1 Å². The summed E-state index contributed by atoms with van der Waals surface area (Å²) < 4.78 is 0. The smallest absolute Gasteiger partial charge is 0.00464 e. The summed E-state index contributed by atoms with van der Waals surface area (Å²) in [6, 6.07) is 0. The zero-order valence-corrected chi connectivity index (χ0v) is 6.84. The Hall–Kier alpha value is 0.250. The van der Waals surface area contributed by atoms with Crippen LogP contribution >= 0.6 is 12.4 Å². The molecule has 1 atom stereocenters. The zero-order chi connectivity index (χ0) is 5.82. The van der Waals surface area contributed by atoms with Crippen molar-refractivity contribution in [1.82, 2.24) is 5.32 Å². The fourth-order valence-corrected chi connectivity index (χ4v) is 1.19. The molecule has 0 amide bonds. The summed E-state index contributed by atoms with van der Waals surface area (Å²) in [5.41, 5.74) is 0. The lowest BCUT2D eigenvalue weighted by Crippen LogP contribution is -2.13. The molecule has 0 radical (unpaired) electrons. The van der Waals surface area contributed by atoms with E-state index < -0.39 is 0 Å². The Balaban J connectivity index is 0.000000640. The van der Waals surface area contributed by atoms with Crippen LogP contribution in [0.15, 0.2) is 0 Å². The van der Waals surface area contributed by atoms with Gasteiger partial charge in [-0.1, -0.05) is 6.92 Å². The van der Waals surface area contributed by atoms with Crippen LogP contribution < -0.4 is 5.32 Å². The van der Waals surface area contributed by atoms with E-state index in [9.17, 15) is 0 Å². The van der Waals surface area contributed by atoms with Gasteiger partial charge in [-0.2, -0.15) is 0 Å². The number of halogens is 1. The summed E-state index contributed by atoms with van der Waals surface area (Å²) in [5.74, 6) is 0.963. The molecule has 0 aromatic carbocycles. The summed E-state index contributed by atoms with van der Waals surface area (Å²) in [7, 11) is 0. The summed E-state index contributed by atoms with van der Waals surface area (Å²) in [6.07, 6.45) is 4.17. The van der Waals surface area contributed by atoms with Crippen molar-refractivity contribution in [3.8, 4) is 0 Å². The molecule has 56 valence electrons. The minimum absolute atomic E-state index is 0. The predicted octanol–water partition coefficient (Wildman–Crippen LogP) is 1.82. The van der Waals surface area contributed by atoms with Gasteiger partial charge in [0, 0.05) is 0 Å². The van der Waals surface area contributed by atoms with Gasteiger partial charge in [-0.25, -0.2) is 0 Å². The molecule has 1 N–H and O–H groups in total. The molecule has 0 aliphatic carbocycles. The highest BCUT2D eigenvalue weighted by atomic mass is 35.5. The Labute approximate surface area is 63.6 Å². The Morgan fingerprint density at radius 2 is 2.00 bits per heavy atom. The average Bonchev–Trinajstić information content (AvgIpc) is 1.94. The SMILES string of the molecule is CC1CCCNCC1.Cl. The summed E-state index contributed by atoms with van der Waals surface area (Å²) in [5, 5.41) is 3.38. The molecule has 1 aliphatic heterocycles. The first-order valence-electron chi connectivity index (χ1n) is 3.60. The minimum Gasteiger partial charge on any atom is -0.317 e. The van der Waals surface area contributed by atoms with E-state index in [1.807, 2.05) is 0 Å². The Morgan fingerprint density at radius 1 is 1.22 bits per heavy atom. The standard InChI is InChI=1S/C7H15N.ClH/c1-7-3-2-5-8-6-4-7;/h7-8H,2-6H2,1H3;1H. The summed E-state index contributed by atoms with van der Waals surface area (Å²) >= 11 is 0. The molecule has 1 heterocycles. The summed E-state index contributed by atoms with van der Waals surface area (Å²) in [4.78, 5) is 0. The van der Waals surface area contributed by atoms with Crippen molar-refractivity contribution in [1.29, 1.82) is 0 Å². The first-order chi connectivity index (χ1) is 3.89. The van der Waals surface area contributed by atoms with Gasteiger partial charge in [0.25, 0.3) is 0 Å². The third-order valence-electron chi connectivity index (χ3n) is 1.86. The highest BCUT2D eigenvalue weighted by Gasteiger charge is 2.04. The number of rotatable bonds is 0. The van der Waals surface area contributed by atoms with Gasteiger partial charge in [0.1, 0.15) is 0 Å². The second kappa shape index (κ2) is 5.07. The summed E-state index contributed by atoms with van der Waals surface area (Å²) in [6.45, 7) is 4.82. The quantitative estimate of drug-likeness (QED) is 0.554. The Bertz CT molecular complexity index is 57.9. The Morgan fingerprint density at radius 3 is 2.78 bits per heavy atom. The normalized spacial score (nSPS) is 28.3. The van der Waals surface area contributed by atoms with E-state index in [0.29, 0.717) is 0 Å². The van der Waals surface area contributed by atoms with Crippen molar-refractivity contribution < 1.29 is 0 Å². The maximum Gasteiger partial charge on any atom is -0.00464 e. The number of hydrogen-bond donors (Lipinski definition) is 1. The second-order valence-electron chi connectivity index (χ2n) is 2.79. The lowest BCUT2D eigenvalue weighted by atomic mass is 10.0. The molecule has 1 fully saturated rings. The molecule has 9 heavy (non-hydrogen) atoms. The average molecular weight is 150 g/mol. The maximum absolute atomic E-state index is 3.38. The molecule has 2 heteroatoms. The largest absolute Gasteiger partial charge is 0.317 e. The molecule has 1 unspecified atom stereocenters. The van der Waals surface area contributed by atoms with E-state index in [-0.39, 0.29) is 12.4 Å². The van der Waals surface area contributed by atoms with Crippen molar-refractivity contribution in [2.45, 2.75) is 26.2 Å². The highest BCUT2D eigenvalue weighted by Crippen LogP contribution is 2.10. The fraction of sp³-hybridized carbons (Fsp3) is 1.00. The van der Waals surface area contributed by atoms with Crippen LogP contribution in [0.5, 0.6) is 0 Å². The van der Waals surface area contributed by atoms with Crippen LogP contribution in [0.25, 0.3) is 0 Å². The van der Waals surface area contributed by atoms with Crippen LogP contribution in [0, 0.1) is 5.92 Å². The van der Waals surface area contributed by atoms with Gasteiger partial charge in [0.05, 0.1) is 0 Å². The molecule has 0 bridgehead atoms. The molecular formula is C7H16ClN. The molecule has 1 aliphatic rings. The molecular weight excluding hydrogens is 134 g/mol. The topological polar surface area (TPSA) is 12.0 Å². The monoisotopic (exact) mass is 149 g/mol. The lowest BCUT2D eigenvalue weighted by molar-refractivity contribution is 0.519. The van der Waals surface area contributed by atoms with Crippen molar-refractivity contribution in [3.63, 3.8) is 0 Å². The number of hydrogen-bond acceptors (Lipinski definition) is 1. The zero-order valence-electron chi connectivity index (χ0n) is 6.02. The van der Waals surface area contributed by atoms with Crippen molar-refractivity contribution >= 4 is 12.4 Å². The van der Waals surface area contributed by atoms with Gasteiger partial charge in [-0.3, -0.25) is 0 Å². The molecule has 0 aromatic rings. The van der Waals surface area contributed by atoms with E-state index >= 15 is 0 Å². The van der Waals surface area contributed by atoms with E-state index in [4.69, 9.17) is 0 Å². The van der Waals surface area contributed by atoms with Crippen LogP contribution in [0.1, 0.15) is 26.2 Å².